The molecule has 9 aromatic carbocycles. The minimum absolute atomic E-state index is 0.935. The Balaban J connectivity index is 1.01. The molecule has 0 saturated heterocycles. The van der Waals surface area contributed by atoms with E-state index >= 15 is 0 Å². The summed E-state index contributed by atoms with van der Waals surface area (Å²) in [5.41, 5.74) is 13.4. The fourth-order valence-corrected chi connectivity index (χ4v) is 10.1. The highest BCUT2D eigenvalue weighted by Gasteiger charge is 2.27. The molecule has 54 heavy (non-hydrogen) atoms. The zero-order chi connectivity index (χ0) is 35.1. The molecule has 0 spiro atoms. The van der Waals surface area contributed by atoms with Crippen LogP contribution in [-0.4, -0.2) is 4.57 Å². The molecule has 0 saturated carbocycles. The van der Waals surface area contributed by atoms with Crippen molar-refractivity contribution in [2.75, 3.05) is 0 Å². The van der Waals surface area contributed by atoms with Crippen LogP contribution in [0.15, 0.2) is 168 Å². The van der Waals surface area contributed by atoms with Gasteiger partial charge in [0.1, 0.15) is 11.2 Å². The van der Waals surface area contributed by atoms with Crippen molar-refractivity contribution in [1.29, 1.82) is 0 Å². The second-order valence-electron chi connectivity index (χ2n) is 15.1. The molecule has 0 N–H and O–H groups in total. The quantitative estimate of drug-likeness (QED) is 0.166. The predicted octanol–water partition coefficient (Wildman–Crippen LogP) is 14.5. The van der Waals surface area contributed by atoms with E-state index in [4.69, 9.17) is 4.42 Å². The molecule has 2 heterocycles. The lowest BCUT2D eigenvalue weighted by Gasteiger charge is -2.14. The molecule has 2 aromatic heterocycles. The summed E-state index contributed by atoms with van der Waals surface area (Å²) in [7, 11) is 0. The summed E-state index contributed by atoms with van der Waals surface area (Å²) < 4.78 is 9.05. The van der Waals surface area contributed by atoms with Gasteiger partial charge in [0.2, 0.25) is 0 Å². The van der Waals surface area contributed by atoms with Gasteiger partial charge >= 0.3 is 0 Å². The molecule has 0 unspecified atom stereocenters. The Morgan fingerprint density at radius 1 is 0.426 bits per heavy atom. The molecule has 0 aliphatic heterocycles. The number of rotatable bonds is 2. The van der Waals surface area contributed by atoms with Crippen LogP contribution < -0.4 is 0 Å². The maximum atomic E-state index is 6.61. The van der Waals surface area contributed by atoms with Gasteiger partial charge in [-0.15, -0.1) is 0 Å². The monoisotopic (exact) mass is 685 g/mol. The lowest BCUT2D eigenvalue weighted by Crippen LogP contribution is -1.94. The number of aromatic nitrogens is 1. The molecule has 13 rings (SSSR count). The van der Waals surface area contributed by atoms with Crippen molar-refractivity contribution in [3.63, 3.8) is 0 Å². The molecule has 0 amide bonds. The summed E-state index contributed by atoms with van der Waals surface area (Å²) in [5, 5.41) is 15.3. The lowest BCUT2D eigenvalue weighted by molar-refractivity contribution is 0.669. The van der Waals surface area contributed by atoms with Gasteiger partial charge in [-0.3, -0.25) is 0 Å². The third kappa shape index (κ3) is 3.69. The third-order valence-electron chi connectivity index (χ3n) is 12.4. The Labute approximate surface area is 310 Å². The Morgan fingerprint density at radius 3 is 1.91 bits per heavy atom. The van der Waals surface area contributed by atoms with E-state index < -0.39 is 0 Å². The molecule has 2 heteroatoms. The van der Waals surface area contributed by atoms with E-state index in [1.54, 1.807) is 0 Å². The number of benzene rings is 9. The Morgan fingerprint density at radius 2 is 1.09 bits per heavy atom. The van der Waals surface area contributed by atoms with E-state index in [0.717, 1.165) is 24.0 Å². The first-order valence-corrected chi connectivity index (χ1v) is 19.0. The number of para-hydroxylation sites is 1. The molecule has 0 fully saturated rings. The first kappa shape index (κ1) is 28.7. The summed E-state index contributed by atoms with van der Waals surface area (Å²) in [6.07, 6.45) is 6.81. The molecule has 0 atom stereocenters. The van der Waals surface area contributed by atoms with Gasteiger partial charge < -0.3 is 8.98 Å². The Bertz CT molecular complexity index is 3510. The van der Waals surface area contributed by atoms with Gasteiger partial charge in [-0.2, -0.15) is 0 Å². The number of nitrogens with zero attached hydrogens (tertiary/aromatic N) is 1. The highest BCUT2D eigenvalue weighted by atomic mass is 16.3. The van der Waals surface area contributed by atoms with Crippen LogP contribution in [0.1, 0.15) is 24.0 Å². The summed E-state index contributed by atoms with van der Waals surface area (Å²) in [6, 6.07) is 56.3. The summed E-state index contributed by atoms with van der Waals surface area (Å²) in [6.45, 7) is 0. The van der Waals surface area contributed by atoms with Crippen molar-refractivity contribution in [3.05, 3.63) is 175 Å². The molecule has 0 bridgehead atoms. The zero-order valence-electron chi connectivity index (χ0n) is 29.4. The van der Waals surface area contributed by atoms with Crippen molar-refractivity contribution < 1.29 is 4.42 Å². The molecule has 11 aromatic rings. The van der Waals surface area contributed by atoms with E-state index in [0.29, 0.717) is 0 Å². The average Bonchev–Trinajstić information content (AvgIpc) is 3.89. The SMILES string of the molecule is C1=CC2=C(CC1)c1cc3oc4ccc(-c5ccc6c(c5)c5ccccc5n6-c5ccc6c7ccccc7c7ccccc7c6c5)cc4c3c3cccc2c13. The largest absolute Gasteiger partial charge is 0.456 e. The van der Waals surface area contributed by atoms with Gasteiger partial charge in [0.25, 0.3) is 0 Å². The second-order valence-corrected chi connectivity index (χ2v) is 15.1. The Kier molecular flexibility index (Phi) is 5.50. The van der Waals surface area contributed by atoms with Crippen molar-refractivity contribution in [2.24, 2.45) is 0 Å². The van der Waals surface area contributed by atoms with Gasteiger partial charge in [-0.25, -0.2) is 0 Å². The van der Waals surface area contributed by atoms with Crippen LogP contribution >= 0.6 is 0 Å². The van der Waals surface area contributed by atoms with Crippen LogP contribution in [0.5, 0.6) is 0 Å². The van der Waals surface area contributed by atoms with Crippen molar-refractivity contribution in [3.8, 4) is 16.8 Å². The van der Waals surface area contributed by atoms with Gasteiger partial charge in [-0.1, -0.05) is 115 Å². The van der Waals surface area contributed by atoms with Crippen LogP contribution in [0.25, 0.3) is 115 Å². The topological polar surface area (TPSA) is 18.1 Å². The van der Waals surface area contributed by atoms with Gasteiger partial charge in [0.05, 0.1) is 11.0 Å². The highest BCUT2D eigenvalue weighted by Crippen LogP contribution is 2.50. The molecule has 2 aliphatic rings. The smallest absolute Gasteiger partial charge is 0.136 e. The van der Waals surface area contributed by atoms with E-state index in [-0.39, 0.29) is 0 Å². The minimum Gasteiger partial charge on any atom is -0.456 e. The van der Waals surface area contributed by atoms with E-state index in [1.807, 2.05) is 0 Å². The lowest BCUT2D eigenvalue weighted by atomic mass is 9.94. The van der Waals surface area contributed by atoms with Crippen molar-refractivity contribution in [2.45, 2.75) is 12.8 Å². The standard InChI is InChI=1S/C52H31NO/c1-2-12-35-33(10-1)34-11-3-5-14-37(34)43-28-32(22-23-39(35)43)53-47-19-8-7-16-40(47)44-26-30(20-24-48(44)53)31-21-25-49-46(27-31)52-42-18-9-17-41-36-13-4-6-15-38(36)45(51(41)42)29-50(52)54-49/h1-5,7-14,16-29H,6,15H2. The molecule has 2 aliphatic carbocycles. The normalized spacial score (nSPS) is 14.0. The zero-order valence-corrected chi connectivity index (χ0v) is 29.4. The summed E-state index contributed by atoms with van der Waals surface area (Å²) in [4.78, 5) is 0. The number of fused-ring (bicyclic) bond motifs is 15. The molecular formula is C52H31NO. The fourth-order valence-electron chi connectivity index (χ4n) is 10.1. The van der Waals surface area contributed by atoms with E-state index in [9.17, 15) is 0 Å². The predicted molar refractivity (Wildman–Crippen MR) is 229 cm³/mol. The van der Waals surface area contributed by atoms with E-state index in [2.05, 4.69) is 168 Å². The first-order valence-electron chi connectivity index (χ1n) is 19.0. The number of furan rings is 1. The van der Waals surface area contributed by atoms with Gasteiger partial charge in [-0.05, 0) is 138 Å². The summed E-state index contributed by atoms with van der Waals surface area (Å²) in [5.74, 6) is 0. The van der Waals surface area contributed by atoms with Crippen LogP contribution in [0.4, 0.5) is 0 Å². The van der Waals surface area contributed by atoms with Crippen LogP contribution in [-0.2, 0) is 0 Å². The first-order chi connectivity index (χ1) is 26.8. The number of allylic oxidation sites excluding steroid dienone is 4. The minimum atomic E-state index is 0.935. The van der Waals surface area contributed by atoms with Crippen LogP contribution in [0, 0.1) is 0 Å². The molecule has 0 radical (unpaired) electrons. The maximum absolute atomic E-state index is 6.61. The number of hydrogen-bond donors (Lipinski definition) is 0. The van der Waals surface area contributed by atoms with Gasteiger partial charge in [0, 0.05) is 27.2 Å². The van der Waals surface area contributed by atoms with Crippen molar-refractivity contribution >= 4 is 98.0 Å². The maximum Gasteiger partial charge on any atom is 0.136 e. The van der Waals surface area contributed by atoms with Crippen molar-refractivity contribution in [1.82, 2.24) is 4.57 Å². The number of hydrogen-bond acceptors (Lipinski definition) is 1. The fraction of sp³-hybridized carbons (Fsp3) is 0.0385. The third-order valence-corrected chi connectivity index (χ3v) is 12.4. The van der Waals surface area contributed by atoms with Crippen LogP contribution in [0.3, 0.4) is 0 Å². The Hall–Kier alpha value is -6.90. The highest BCUT2D eigenvalue weighted by molar-refractivity contribution is 6.28. The summed E-state index contributed by atoms with van der Waals surface area (Å²) >= 11 is 0. The molecular weight excluding hydrogens is 655 g/mol. The van der Waals surface area contributed by atoms with Gasteiger partial charge in [0.15, 0.2) is 0 Å². The second kappa shape index (κ2) is 10.4. The van der Waals surface area contributed by atoms with E-state index in [1.165, 1.54) is 115 Å². The molecule has 2 nitrogen and oxygen atoms in total. The average molecular weight is 686 g/mol. The van der Waals surface area contributed by atoms with Crippen LogP contribution in [0.2, 0.25) is 0 Å². The molecule has 250 valence electrons.